The largest absolute Gasteiger partial charge is 0.396 e. The quantitative estimate of drug-likeness (QED) is 0.837. The molecule has 0 spiro atoms. The Hall–Kier alpha value is -2.35. The van der Waals surface area contributed by atoms with Gasteiger partial charge in [0, 0.05) is 24.6 Å². The lowest BCUT2D eigenvalue weighted by atomic mass is 10.2. The number of aryl methyl sites for hydroxylation is 1. The number of carbonyl (C=O) groups is 1. The first-order valence-corrected chi connectivity index (χ1v) is 6.32. The van der Waals surface area contributed by atoms with Crippen LogP contribution in [-0.4, -0.2) is 32.6 Å². The van der Waals surface area contributed by atoms with E-state index in [1.165, 1.54) is 4.68 Å². The number of aromatic nitrogens is 3. The number of hydrogen-bond acceptors (Lipinski definition) is 4. The maximum atomic E-state index is 13.0. The van der Waals surface area contributed by atoms with Gasteiger partial charge in [0.2, 0.25) is 5.91 Å². The molecule has 0 aliphatic rings. The summed E-state index contributed by atoms with van der Waals surface area (Å²) in [6.07, 6.45) is 2.71. The molecule has 0 fully saturated rings. The molecule has 0 aliphatic carbocycles. The van der Waals surface area contributed by atoms with Gasteiger partial charge in [-0.1, -0.05) is 5.21 Å². The monoisotopic (exact) mass is 296 g/mol. The number of rotatable bonds is 6. The zero-order chi connectivity index (χ0) is 15.2. The lowest BCUT2D eigenvalue weighted by molar-refractivity contribution is -0.116. The molecule has 0 saturated carbocycles. The second-order valence-electron chi connectivity index (χ2n) is 4.44. The van der Waals surface area contributed by atoms with E-state index in [0.29, 0.717) is 18.5 Å². The van der Waals surface area contributed by atoms with Gasteiger partial charge in [-0.2, -0.15) is 0 Å². The van der Waals surface area contributed by atoms with Gasteiger partial charge < -0.3 is 10.4 Å². The Kier molecular flexibility index (Phi) is 4.94. The predicted octanol–water partition coefficient (Wildman–Crippen LogP) is 1.12. The molecule has 1 aromatic heterocycles. The van der Waals surface area contributed by atoms with Crippen molar-refractivity contribution >= 4 is 11.6 Å². The van der Waals surface area contributed by atoms with Gasteiger partial charge in [0.25, 0.3) is 0 Å². The molecular weight excluding hydrogens is 282 g/mol. The van der Waals surface area contributed by atoms with E-state index in [1.54, 1.807) is 6.20 Å². The van der Waals surface area contributed by atoms with Crippen LogP contribution in [0.1, 0.15) is 12.1 Å². The summed E-state index contributed by atoms with van der Waals surface area (Å²) < 4.78 is 27.3. The van der Waals surface area contributed by atoms with Crippen LogP contribution in [-0.2, 0) is 17.8 Å². The summed E-state index contributed by atoms with van der Waals surface area (Å²) in [6.45, 7) is -0.0667. The average Bonchev–Trinajstić information content (AvgIpc) is 2.82. The molecule has 0 saturated heterocycles. The topological polar surface area (TPSA) is 80.0 Å². The Morgan fingerprint density at radius 1 is 1.29 bits per heavy atom. The third-order valence-electron chi connectivity index (χ3n) is 2.63. The number of aliphatic hydroxyl groups is 1. The van der Waals surface area contributed by atoms with Crippen LogP contribution in [0.5, 0.6) is 0 Å². The number of halogens is 2. The molecule has 2 aromatic rings. The minimum atomic E-state index is -0.766. The summed E-state index contributed by atoms with van der Waals surface area (Å²) in [5, 5.41) is 18.7. The van der Waals surface area contributed by atoms with E-state index in [1.807, 2.05) is 0 Å². The molecule has 21 heavy (non-hydrogen) atoms. The van der Waals surface area contributed by atoms with Crippen molar-refractivity contribution < 1.29 is 18.7 Å². The van der Waals surface area contributed by atoms with E-state index in [0.717, 1.165) is 18.2 Å². The van der Waals surface area contributed by atoms with Crippen molar-refractivity contribution in [3.8, 4) is 0 Å². The standard InChI is InChI=1S/C13H14F2N4O2/c14-9-4-10(15)6-12(5-9)16-13(21)8-19-7-11(17-18-19)2-1-3-20/h4-7,20H,1-3,8H2,(H,16,21). The highest BCUT2D eigenvalue weighted by molar-refractivity contribution is 5.90. The van der Waals surface area contributed by atoms with E-state index in [4.69, 9.17) is 5.11 Å². The fourth-order valence-corrected chi connectivity index (χ4v) is 1.76. The summed E-state index contributed by atoms with van der Waals surface area (Å²) >= 11 is 0. The number of amides is 1. The van der Waals surface area contributed by atoms with Crippen molar-refractivity contribution in [2.24, 2.45) is 0 Å². The van der Waals surface area contributed by atoms with Gasteiger partial charge in [0.15, 0.2) is 0 Å². The summed E-state index contributed by atoms with van der Waals surface area (Å²) in [4.78, 5) is 11.7. The smallest absolute Gasteiger partial charge is 0.246 e. The number of anilines is 1. The summed E-state index contributed by atoms with van der Waals surface area (Å²) in [6, 6.07) is 2.77. The lowest BCUT2D eigenvalue weighted by Crippen LogP contribution is -2.19. The van der Waals surface area contributed by atoms with Gasteiger partial charge in [-0.05, 0) is 25.0 Å². The normalized spacial score (nSPS) is 10.6. The number of carbonyl (C=O) groups excluding carboxylic acids is 1. The molecule has 6 nitrogen and oxygen atoms in total. The predicted molar refractivity (Wildman–Crippen MR) is 70.4 cm³/mol. The van der Waals surface area contributed by atoms with Crippen molar-refractivity contribution in [3.05, 3.63) is 41.7 Å². The average molecular weight is 296 g/mol. The number of aliphatic hydroxyl groups excluding tert-OH is 1. The van der Waals surface area contributed by atoms with Gasteiger partial charge in [-0.3, -0.25) is 4.79 Å². The Balaban J connectivity index is 1.93. The van der Waals surface area contributed by atoms with Gasteiger partial charge in [0.05, 0.1) is 5.69 Å². The van der Waals surface area contributed by atoms with Crippen LogP contribution in [0.25, 0.3) is 0 Å². The second-order valence-corrected chi connectivity index (χ2v) is 4.44. The number of hydrogen-bond donors (Lipinski definition) is 2. The number of nitrogens with one attached hydrogen (secondary N) is 1. The molecule has 1 amide bonds. The van der Waals surface area contributed by atoms with Crippen LogP contribution in [0.4, 0.5) is 14.5 Å². The maximum Gasteiger partial charge on any atom is 0.246 e. The first-order chi connectivity index (χ1) is 10.1. The fraction of sp³-hybridized carbons (Fsp3) is 0.308. The highest BCUT2D eigenvalue weighted by atomic mass is 19.1. The van der Waals surface area contributed by atoms with Crippen molar-refractivity contribution in [2.45, 2.75) is 19.4 Å². The first kappa shape index (κ1) is 15.0. The van der Waals surface area contributed by atoms with E-state index in [9.17, 15) is 13.6 Å². The Morgan fingerprint density at radius 2 is 2.00 bits per heavy atom. The maximum absolute atomic E-state index is 13.0. The number of benzene rings is 1. The van der Waals surface area contributed by atoms with Gasteiger partial charge in [-0.25, -0.2) is 13.5 Å². The van der Waals surface area contributed by atoms with Gasteiger partial charge >= 0.3 is 0 Å². The molecule has 2 N–H and O–H groups in total. The SMILES string of the molecule is O=C(Cn1cc(CCCO)nn1)Nc1cc(F)cc(F)c1. The van der Waals surface area contributed by atoms with Crippen LogP contribution >= 0.6 is 0 Å². The molecule has 0 bridgehead atoms. The molecule has 0 atom stereocenters. The third kappa shape index (κ3) is 4.60. The highest BCUT2D eigenvalue weighted by Gasteiger charge is 2.08. The minimum Gasteiger partial charge on any atom is -0.396 e. The van der Waals surface area contributed by atoms with Crippen molar-refractivity contribution in [1.29, 1.82) is 0 Å². The zero-order valence-electron chi connectivity index (χ0n) is 11.1. The molecule has 8 heteroatoms. The summed E-state index contributed by atoms with van der Waals surface area (Å²) in [5.41, 5.74) is 0.701. The molecule has 1 aromatic carbocycles. The summed E-state index contributed by atoms with van der Waals surface area (Å²) in [7, 11) is 0. The van der Waals surface area contributed by atoms with Crippen LogP contribution in [0.2, 0.25) is 0 Å². The van der Waals surface area contributed by atoms with Crippen molar-refractivity contribution in [2.75, 3.05) is 11.9 Å². The Bertz CT molecular complexity index is 610. The molecular formula is C13H14F2N4O2. The van der Waals surface area contributed by atoms with Gasteiger partial charge in [-0.15, -0.1) is 5.10 Å². The number of nitrogens with zero attached hydrogens (tertiary/aromatic N) is 3. The molecule has 0 radical (unpaired) electrons. The Labute approximate surface area is 119 Å². The molecule has 0 aliphatic heterocycles. The van der Waals surface area contributed by atoms with Crippen LogP contribution in [0, 0.1) is 11.6 Å². The van der Waals surface area contributed by atoms with Crippen molar-refractivity contribution in [3.63, 3.8) is 0 Å². The van der Waals surface area contributed by atoms with E-state index < -0.39 is 17.5 Å². The van der Waals surface area contributed by atoms with Crippen LogP contribution in [0.15, 0.2) is 24.4 Å². The molecule has 2 rings (SSSR count). The molecule has 1 heterocycles. The van der Waals surface area contributed by atoms with E-state index >= 15 is 0 Å². The second kappa shape index (κ2) is 6.89. The van der Waals surface area contributed by atoms with Crippen molar-refractivity contribution in [1.82, 2.24) is 15.0 Å². The Morgan fingerprint density at radius 3 is 2.67 bits per heavy atom. The summed E-state index contributed by atoms with van der Waals surface area (Å²) in [5.74, 6) is -2.01. The van der Waals surface area contributed by atoms with Gasteiger partial charge in [0.1, 0.15) is 18.2 Å². The minimum absolute atomic E-state index is 0.0399. The zero-order valence-corrected chi connectivity index (χ0v) is 11.1. The van der Waals surface area contributed by atoms with Crippen LogP contribution in [0.3, 0.4) is 0 Å². The fourth-order valence-electron chi connectivity index (χ4n) is 1.76. The lowest BCUT2D eigenvalue weighted by Gasteiger charge is -2.05. The van der Waals surface area contributed by atoms with Crippen LogP contribution < -0.4 is 5.32 Å². The molecule has 0 unspecified atom stereocenters. The molecule has 112 valence electrons. The van der Waals surface area contributed by atoms with E-state index in [2.05, 4.69) is 15.6 Å². The third-order valence-corrected chi connectivity index (χ3v) is 2.63. The highest BCUT2D eigenvalue weighted by Crippen LogP contribution is 2.12. The van der Waals surface area contributed by atoms with E-state index in [-0.39, 0.29) is 18.8 Å². The first-order valence-electron chi connectivity index (χ1n) is 6.32.